The summed E-state index contributed by atoms with van der Waals surface area (Å²) < 4.78 is 11.2. The summed E-state index contributed by atoms with van der Waals surface area (Å²) in [5.41, 5.74) is 2.89. The van der Waals surface area contributed by atoms with Crippen LogP contribution in [0.1, 0.15) is 18.1 Å². The second-order valence-corrected chi connectivity index (χ2v) is 7.74. The first-order valence-corrected chi connectivity index (χ1v) is 10.6. The number of rotatable bonds is 7. The third kappa shape index (κ3) is 5.70. The van der Waals surface area contributed by atoms with Crippen LogP contribution in [0.3, 0.4) is 0 Å². The number of methoxy groups -OCH3 is 1. The summed E-state index contributed by atoms with van der Waals surface area (Å²) in [5.74, 6) is 0.848. The minimum absolute atomic E-state index is 0.103. The number of piperazine rings is 1. The molecule has 1 aliphatic rings. The lowest BCUT2D eigenvalue weighted by molar-refractivity contribution is -0.118. The van der Waals surface area contributed by atoms with E-state index >= 15 is 0 Å². The fraction of sp³-hybridized carbons (Fsp3) is 0.391. The van der Waals surface area contributed by atoms with Crippen molar-refractivity contribution in [3.05, 3.63) is 53.6 Å². The molecule has 0 bridgehead atoms. The molecule has 1 amide bonds. The molecule has 3 rings (SSSR count). The van der Waals surface area contributed by atoms with Crippen LogP contribution >= 0.6 is 12.2 Å². The van der Waals surface area contributed by atoms with Gasteiger partial charge in [0.05, 0.1) is 7.11 Å². The van der Waals surface area contributed by atoms with E-state index in [1.807, 2.05) is 36.4 Å². The van der Waals surface area contributed by atoms with E-state index in [2.05, 4.69) is 29.1 Å². The van der Waals surface area contributed by atoms with Gasteiger partial charge < -0.3 is 24.6 Å². The van der Waals surface area contributed by atoms with Crippen molar-refractivity contribution >= 4 is 28.8 Å². The fourth-order valence-electron chi connectivity index (χ4n) is 3.28. The molecule has 1 heterocycles. The van der Waals surface area contributed by atoms with Crippen LogP contribution in [-0.4, -0.2) is 67.6 Å². The van der Waals surface area contributed by atoms with Crippen LogP contribution in [0, 0.1) is 0 Å². The van der Waals surface area contributed by atoms with Gasteiger partial charge in [-0.3, -0.25) is 4.79 Å². The molecule has 0 saturated carbocycles. The highest BCUT2D eigenvalue weighted by Gasteiger charge is 2.19. The van der Waals surface area contributed by atoms with Gasteiger partial charge in [0.2, 0.25) is 0 Å². The maximum Gasteiger partial charge on any atom is 0.262 e. The van der Waals surface area contributed by atoms with E-state index in [4.69, 9.17) is 21.7 Å². The van der Waals surface area contributed by atoms with Crippen molar-refractivity contribution in [3.8, 4) is 11.5 Å². The van der Waals surface area contributed by atoms with Gasteiger partial charge >= 0.3 is 0 Å². The molecule has 6 nitrogen and oxygen atoms in total. The summed E-state index contributed by atoms with van der Waals surface area (Å²) in [5, 5.41) is 2.84. The maximum absolute atomic E-state index is 12.2. The van der Waals surface area contributed by atoms with E-state index in [1.54, 1.807) is 13.2 Å². The van der Waals surface area contributed by atoms with Crippen LogP contribution in [0.15, 0.2) is 42.5 Å². The smallest absolute Gasteiger partial charge is 0.262 e. The van der Waals surface area contributed by atoms with Gasteiger partial charge in [-0.25, -0.2) is 0 Å². The van der Waals surface area contributed by atoms with E-state index < -0.39 is 0 Å². The minimum atomic E-state index is -0.224. The third-order valence-electron chi connectivity index (χ3n) is 5.21. The second-order valence-electron chi connectivity index (χ2n) is 7.35. The number of ether oxygens (including phenoxy) is 2. The number of anilines is 1. The van der Waals surface area contributed by atoms with Crippen molar-refractivity contribution in [3.63, 3.8) is 0 Å². The first kappa shape index (κ1) is 22.1. The largest absolute Gasteiger partial charge is 0.493 e. The highest BCUT2D eigenvalue weighted by atomic mass is 32.1. The number of aryl methyl sites for hydroxylation is 1. The van der Waals surface area contributed by atoms with Gasteiger partial charge in [0.1, 0.15) is 4.99 Å². The van der Waals surface area contributed by atoms with E-state index in [1.165, 1.54) is 5.56 Å². The SMILES string of the molecule is CCc1ccc(NC(=O)COc2ccc(C(=S)N3CCN(C)CC3)cc2OC)cc1. The van der Waals surface area contributed by atoms with Crippen LogP contribution in [0.2, 0.25) is 0 Å². The number of amides is 1. The normalized spacial score (nSPS) is 14.3. The number of likely N-dealkylation sites (N-methyl/N-ethyl adjacent to an activating group) is 1. The molecule has 2 aromatic rings. The Morgan fingerprint density at radius 2 is 1.77 bits per heavy atom. The van der Waals surface area contributed by atoms with Crippen molar-refractivity contribution in [1.82, 2.24) is 9.80 Å². The molecular formula is C23H29N3O3S. The average molecular weight is 428 g/mol. The lowest BCUT2D eigenvalue weighted by atomic mass is 10.1. The molecular weight excluding hydrogens is 398 g/mol. The van der Waals surface area contributed by atoms with Crippen LogP contribution in [-0.2, 0) is 11.2 Å². The van der Waals surface area contributed by atoms with Gasteiger partial charge in [-0.15, -0.1) is 0 Å². The Morgan fingerprint density at radius 3 is 2.40 bits per heavy atom. The number of thiocarbonyl (C=S) groups is 1. The van der Waals surface area contributed by atoms with Crippen molar-refractivity contribution in [2.24, 2.45) is 0 Å². The summed E-state index contributed by atoms with van der Waals surface area (Å²) >= 11 is 5.67. The molecule has 1 aliphatic heterocycles. The highest BCUT2D eigenvalue weighted by Crippen LogP contribution is 2.29. The van der Waals surface area contributed by atoms with Gasteiger partial charge in [-0.05, 0) is 49.4 Å². The second kappa shape index (κ2) is 10.4. The van der Waals surface area contributed by atoms with E-state index in [0.29, 0.717) is 11.5 Å². The number of nitrogens with zero attached hydrogens (tertiary/aromatic N) is 2. The zero-order chi connectivity index (χ0) is 21.5. The fourth-order valence-corrected chi connectivity index (χ4v) is 3.59. The molecule has 1 N–H and O–H groups in total. The maximum atomic E-state index is 12.2. The summed E-state index contributed by atoms with van der Waals surface area (Å²) in [4.78, 5) is 17.5. The van der Waals surface area contributed by atoms with Gasteiger partial charge in [0.15, 0.2) is 18.1 Å². The first-order chi connectivity index (χ1) is 14.5. The Morgan fingerprint density at radius 1 is 1.07 bits per heavy atom. The van der Waals surface area contributed by atoms with Crippen LogP contribution in [0.25, 0.3) is 0 Å². The van der Waals surface area contributed by atoms with Gasteiger partial charge in [-0.2, -0.15) is 0 Å². The van der Waals surface area contributed by atoms with Crippen molar-refractivity contribution in [2.75, 3.05) is 52.3 Å². The number of carbonyl (C=O) groups excluding carboxylic acids is 1. The van der Waals surface area contributed by atoms with Crippen LogP contribution in [0.4, 0.5) is 5.69 Å². The lowest BCUT2D eigenvalue weighted by Crippen LogP contribution is -2.46. The monoisotopic (exact) mass is 427 g/mol. The van der Waals surface area contributed by atoms with Crippen LogP contribution < -0.4 is 14.8 Å². The molecule has 1 fully saturated rings. The molecule has 0 aromatic heterocycles. The average Bonchev–Trinajstić information content (AvgIpc) is 2.78. The molecule has 1 saturated heterocycles. The van der Waals surface area contributed by atoms with Gasteiger partial charge in [0.25, 0.3) is 5.91 Å². The number of carbonyl (C=O) groups is 1. The summed E-state index contributed by atoms with van der Waals surface area (Å²) in [7, 11) is 3.70. The quantitative estimate of drug-likeness (QED) is 0.685. The molecule has 0 aliphatic carbocycles. The Bertz CT molecular complexity index is 878. The molecule has 2 aromatic carbocycles. The Labute approximate surface area is 183 Å². The number of benzene rings is 2. The number of hydrogen-bond donors (Lipinski definition) is 1. The van der Waals surface area contributed by atoms with E-state index in [-0.39, 0.29) is 12.5 Å². The standard InChI is InChI=1S/C23H29N3O3S/c1-4-17-5-8-19(9-6-17)24-22(27)16-29-20-10-7-18(15-21(20)28-3)23(30)26-13-11-25(2)12-14-26/h5-10,15H,4,11-14,16H2,1-3H3,(H,24,27). The van der Waals surface area contributed by atoms with Crippen molar-refractivity contribution in [1.29, 1.82) is 0 Å². The number of nitrogens with one attached hydrogen (secondary N) is 1. The molecule has 160 valence electrons. The summed E-state index contributed by atoms with van der Waals surface area (Å²) in [6.45, 7) is 5.81. The van der Waals surface area contributed by atoms with E-state index in [9.17, 15) is 4.79 Å². The predicted molar refractivity (Wildman–Crippen MR) is 124 cm³/mol. The minimum Gasteiger partial charge on any atom is -0.493 e. The Balaban J connectivity index is 1.59. The predicted octanol–water partition coefficient (Wildman–Crippen LogP) is 3.20. The summed E-state index contributed by atoms with van der Waals surface area (Å²) in [6, 6.07) is 13.4. The zero-order valence-electron chi connectivity index (χ0n) is 17.8. The van der Waals surface area contributed by atoms with Crippen LogP contribution in [0.5, 0.6) is 11.5 Å². The third-order valence-corrected chi connectivity index (χ3v) is 5.70. The lowest BCUT2D eigenvalue weighted by Gasteiger charge is -2.34. The molecule has 0 atom stereocenters. The Kier molecular flexibility index (Phi) is 7.65. The van der Waals surface area contributed by atoms with Gasteiger partial charge in [0, 0.05) is 37.4 Å². The first-order valence-electron chi connectivity index (χ1n) is 10.2. The molecule has 7 heteroatoms. The summed E-state index contributed by atoms with van der Waals surface area (Å²) in [6.07, 6.45) is 0.964. The molecule has 0 unspecified atom stereocenters. The topological polar surface area (TPSA) is 54.0 Å². The number of hydrogen-bond acceptors (Lipinski definition) is 5. The molecule has 0 radical (unpaired) electrons. The van der Waals surface area contributed by atoms with Gasteiger partial charge in [-0.1, -0.05) is 31.3 Å². The van der Waals surface area contributed by atoms with E-state index in [0.717, 1.165) is 48.8 Å². The zero-order valence-corrected chi connectivity index (χ0v) is 18.6. The van der Waals surface area contributed by atoms with Crippen molar-refractivity contribution < 1.29 is 14.3 Å². The highest BCUT2D eigenvalue weighted by molar-refractivity contribution is 7.80. The molecule has 30 heavy (non-hydrogen) atoms. The van der Waals surface area contributed by atoms with Crippen molar-refractivity contribution in [2.45, 2.75) is 13.3 Å². The Hall–Kier alpha value is -2.64. The molecule has 0 spiro atoms.